The first-order chi connectivity index (χ1) is 9.94. The number of amides is 3. The number of hydrogen-bond acceptors (Lipinski definition) is 5. The van der Waals surface area contributed by atoms with Crippen molar-refractivity contribution in [3.05, 3.63) is 0 Å². The number of nitrogens with one attached hydrogen (secondary N) is 1. The van der Waals surface area contributed by atoms with E-state index in [0.29, 0.717) is 0 Å². The van der Waals surface area contributed by atoms with Gasteiger partial charge >= 0.3 is 5.97 Å². The van der Waals surface area contributed by atoms with Gasteiger partial charge in [0.05, 0.1) is 0 Å². The van der Waals surface area contributed by atoms with E-state index in [1.165, 1.54) is 0 Å². The Kier molecular flexibility index (Phi) is 4.56. The monoisotopic (exact) mass is 298 g/mol. The maximum absolute atomic E-state index is 11.9. The lowest BCUT2D eigenvalue weighted by molar-refractivity contribution is -0.152. The van der Waals surface area contributed by atoms with Gasteiger partial charge in [0, 0.05) is 51.9 Å². The van der Waals surface area contributed by atoms with E-state index in [0.717, 1.165) is 4.90 Å². The van der Waals surface area contributed by atoms with Gasteiger partial charge in [-0.3, -0.25) is 19.3 Å². The highest BCUT2D eigenvalue weighted by atomic mass is 16.5. The zero-order chi connectivity index (χ0) is 15.5. The quantitative estimate of drug-likeness (QED) is 0.647. The maximum atomic E-state index is 11.9. The van der Waals surface area contributed by atoms with Gasteiger partial charge in [0.2, 0.25) is 17.7 Å². The summed E-state index contributed by atoms with van der Waals surface area (Å²) in [5.74, 6) is -2.14. The van der Waals surface area contributed by atoms with Crippen LogP contribution in [0, 0.1) is 0 Å². The fourth-order valence-electron chi connectivity index (χ4n) is 2.53. The van der Waals surface area contributed by atoms with Crippen molar-refractivity contribution >= 4 is 23.7 Å². The summed E-state index contributed by atoms with van der Waals surface area (Å²) in [4.78, 5) is 47.2. The summed E-state index contributed by atoms with van der Waals surface area (Å²) in [6.07, 6.45) is 0.673. The van der Waals surface area contributed by atoms with Crippen molar-refractivity contribution in [1.29, 1.82) is 0 Å². The summed E-state index contributed by atoms with van der Waals surface area (Å²) < 4.78 is 5.11. The number of hydrogen-bond donors (Lipinski definition) is 2. The molecule has 0 bridgehead atoms. The number of aliphatic carboxylic acids is 1. The highest BCUT2D eigenvalue weighted by molar-refractivity contribution is 6.02. The van der Waals surface area contributed by atoms with Gasteiger partial charge in [0.15, 0.2) is 0 Å². The molecule has 0 aromatic heterocycles. The van der Waals surface area contributed by atoms with Crippen LogP contribution in [0.3, 0.4) is 0 Å². The zero-order valence-corrected chi connectivity index (χ0v) is 11.6. The third kappa shape index (κ3) is 3.38. The average Bonchev–Trinajstić information content (AvgIpc) is 2.76. The number of carboxylic acid groups (broad SMARTS) is 1. The molecule has 3 amide bonds. The summed E-state index contributed by atoms with van der Waals surface area (Å²) in [5.41, 5.74) is -1.31. The number of nitrogens with zero attached hydrogens (tertiary/aromatic N) is 1. The number of carbonyl (C=O) groups is 4. The molecule has 0 radical (unpaired) electrons. The molecule has 2 fully saturated rings. The van der Waals surface area contributed by atoms with Crippen molar-refractivity contribution in [3.8, 4) is 0 Å². The minimum Gasteiger partial charge on any atom is -0.480 e. The number of likely N-dealkylation sites (tertiary alicyclic amines) is 1. The molecule has 2 saturated heterocycles. The van der Waals surface area contributed by atoms with E-state index in [1.807, 2.05) is 0 Å². The Balaban J connectivity index is 1.89. The number of rotatable bonds is 5. The summed E-state index contributed by atoms with van der Waals surface area (Å²) in [5, 5.41) is 11.8. The Bertz CT molecular complexity index is 453. The van der Waals surface area contributed by atoms with Gasteiger partial charge in [-0.05, 0) is 0 Å². The molecule has 0 spiro atoms. The van der Waals surface area contributed by atoms with Gasteiger partial charge in [-0.25, -0.2) is 4.79 Å². The summed E-state index contributed by atoms with van der Waals surface area (Å²) >= 11 is 0. The molecular formula is C13H18N2O6. The minimum atomic E-state index is -1.31. The lowest BCUT2D eigenvalue weighted by Gasteiger charge is -2.34. The second-order valence-electron chi connectivity index (χ2n) is 5.24. The fraction of sp³-hybridized carbons (Fsp3) is 0.692. The molecule has 0 atom stereocenters. The van der Waals surface area contributed by atoms with Crippen molar-refractivity contribution < 1.29 is 29.0 Å². The van der Waals surface area contributed by atoms with E-state index in [9.17, 15) is 24.3 Å². The number of carboxylic acids is 1. The van der Waals surface area contributed by atoms with Crippen molar-refractivity contribution in [1.82, 2.24) is 10.2 Å². The van der Waals surface area contributed by atoms with Crippen LogP contribution in [0.5, 0.6) is 0 Å². The van der Waals surface area contributed by atoms with Gasteiger partial charge < -0.3 is 15.2 Å². The van der Waals surface area contributed by atoms with Crippen LogP contribution in [0.25, 0.3) is 0 Å². The van der Waals surface area contributed by atoms with Crippen LogP contribution in [-0.2, 0) is 23.9 Å². The molecule has 2 rings (SSSR count). The van der Waals surface area contributed by atoms with Gasteiger partial charge in [0.25, 0.3) is 0 Å². The molecule has 2 N–H and O–H groups in total. The maximum Gasteiger partial charge on any atom is 0.329 e. The summed E-state index contributed by atoms with van der Waals surface area (Å²) in [6, 6.07) is 0. The van der Waals surface area contributed by atoms with Crippen LogP contribution in [-0.4, -0.2) is 59.0 Å². The lowest BCUT2D eigenvalue weighted by atomic mass is 9.90. The second-order valence-corrected chi connectivity index (χ2v) is 5.24. The molecule has 0 aliphatic carbocycles. The molecule has 8 heteroatoms. The smallest absolute Gasteiger partial charge is 0.329 e. The fourth-order valence-corrected chi connectivity index (χ4v) is 2.53. The standard InChI is InChI=1S/C13H18N2O6/c16-9(3-6-15-10(17)1-2-11(15)18)14-13(12(19)20)4-7-21-8-5-13/h1-8H2,(H,14,16)(H,19,20). The molecular weight excluding hydrogens is 280 g/mol. The molecule has 116 valence electrons. The highest BCUT2D eigenvalue weighted by Crippen LogP contribution is 2.21. The van der Waals surface area contributed by atoms with E-state index in [-0.39, 0.29) is 63.7 Å². The van der Waals surface area contributed by atoms with Crippen LogP contribution in [0.2, 0.25) is 0 Å². The van der Waals surface area contributed by atoms with E-state index < -0.39 is 17.4 Å². The molecule has 2 aliphatic rings. The first-order valence-corrected chi connectivity index (χ1v) is 6.90. The average molecular weight is 298 g/mol. The van der Waals surface area contributed by atoms with Gasteiger partial charge in [-0.15, -0.1) is 0 Å². The molecule has 0 aromatic carbocycles. The molecule has 2 heterocycles. The SMILES string of the molecule is O=C(CCN1C(=O)CCC1=O)NC1(C(=O)O)CCOCC1. The highest BCUT2D eigenvalue weighted by Gasteiger charge is 2.41. The second kappa shape index (κ2) is 6.21. The van der Waals surface area contributed by atoms with Crippen LogP contribution >= 0.6 is 0 Å². The summed E-state index contributed by atoms with van der Waals surface area (Å²) in [7, 11) is 0. The van der Waals surface area contributed by atoms with E-state index in [2.05, 4.69) is 5.32 Å². The van der Waals surface area contributed by atoms with Gasteiger partial charge in [0.1, 0.15) is 5.54 Å². The normalized spacial score (nSPS) is 21.4. The predicted molar refractivity (Wildman–Crippen MR) is 69.1 cm³/mol. The molecule has 21 heavy (non-hydrogen) atoms. The Labute approximate surface area is 121 Å². The van der Waals surface area contributed by atoms with Crippen LogP contribution < -0.4 is 5.32 Å². The first kappa shape index (κ1) is 15.4. The largest absolute Gasteiger partial charge is 0.480 e. The zero-order valence-electron chi connectivity index (χ0n) is 11.6. The first-order valence-electron chi connectivity index (χ1n) is 6.90. The van der Waals surface area contributed by atoms with E-state index in [1.54, 1.807) is 0 Å². The Morgan fingerprint density at radius 1 is 1.19 bits per heavy atom. The lowest BCUT2D eigenvalue weighted by Crippen LogP contribution is -2.57. The molecule has 0 aromatic rings. The van der Waals surface area contributed by atoms with E-state index >= 15 is 0 Å². The van der Waals surface area contributed by atoms with Crippen molar-refractivity contribution in [2.75, 3.05) is 19.8 Å². The third-order valence-corrected chi connectivity index (χ3v) is 3.85. The molecule has 8 nitrogen and oxygen atoms in total. The Hall–Kier alpha value is -1.96. The molecule has 2 aliphatic heterocycles. The van der Waals surface area contributed by atoms with E-state index in [4.69, 9.17) is 4.74 Å². The minimum absolute atomic E-state index is 0.00427. The number of ether oxygens (including phenoxy) is 1. The van der Waals surface area contributed by atoms with Gasteiger partial charge in [-0.1, -0.05) is 0 Å². The van der Waals surface area contributed by atoms with Crippen molar-refractivity contribution in [3.63, 3.8) is 0 Å². The Morgan fingerprint density at radius 3 is 2.29 bits per heavy atom. The molecule has 0 saturated carbocycles. The van der Waals surface area contributed by atoms with Crippen molar-refractivity contribution in [2.45, 2.75) is 37.6 Å². The van der Waals surface area contributed by atoms with Crippen LogP contribution in [0.1, 0.15) is 32.1 Å². The van der Waals surface area contributed by atoms with Crippen LogP contribution in [0.15, 0.2) is 0 Å². The van der Waals surface area contributed by atoms with Crippen molar-refractivity contribution in [2.24, 2.45) is 0 Å². The summed E-state index contributed by atoms with van der Waals surface area (Å²) in [6.45, 7) is 0.543. The number of imide groups is 1. The Morgan fingerprint density at radius 2 is 1.76 bits per heavy atom. The molecule has 0 unspecified atom stereocenters. The number of carbonyl (C=O) groups excluding carboxylic acids is 3. The topological polar surface area (TPSA) is 113 Å². The van der Waals surface area contributed by atoms with Crippen LogP contribution in [0.4, 0.5) is 0 Å². The predicted octanol–water partition coefficient (Wildman–Crippen LogP) is -0.724. The third-order valence-electron chi connectivity index (χ3n) is 3.85. The van der Waals surface area contributed by atoms with Gasteiger partial charge in [-0.2, -0.15) is 0 Å².